The molecule has 0 N–H and O–H groups in total. The van der Waals surface area contributed by atoms with Gasteiger partial charge in [0.2, 0.25) is 5.76 Å². The van der Waals surface area contributed by atoms with E-state index >= 15 is 0 Å². The fourth-order valence-electron chi connectivity index (χ4n) is 2.62. The molecule has 0 atom stereocenters. The Morgan fingerprint density at radius 1 is 1.16 bits per heavy atom. The van der Waals surface area contributed by atoms with Crippen molar-refractivity contribution < 1.29 is 13.7 Å². The van der Waals surface area contributed by atoms with Gasteiger partial charge in [0.25, 0.3) is 0 Å². The van der Waals surface area contributed by atoms with E-state index in [1.807, 2.05) is 36.4 Å². The largest absolute Gasteiger partial charge is 0.461 e. The van der Waals surface area contributed by atoms with Crippen LogP contribution in [0.3, 0.4) is 0 Å². The van der Waals surface area contributed by atoms with Crippen molar-refractivity contribution in [1.29, 1.82) is 0 Å². The molecular formula is C18H17N3O3S. The van der Waals surface area contributed by atoms with E-state index in [2.05, 4.69) is 15.8 Å². The lowest BCUT2D eigenvalue weighted by Gasteiger charge is -2.07. The van der Waals surface area contributed by atoms with Crippen molar-refractivity contribution in [3.8, 4) is 11.5 Å². The molecule has 0 amide bonds. The Kier molecular flexibility index (Phi) is 4.58. The molecule has 7 heteroatoms. The molecule has 0 aliphatic heterocycles. The number of para-hydroxylation sites is 2. The second-order valence-corrected chi connectivity index (χ2v) is 6.42. The van der Waals surface area contributed by atoms with Crippen molar-refractivity contribution in [2.24, 2.45) is 0 Å². The molecule has 0 fully saturated rings. The molecule has 0 aliphatic carbocycles. The molecule has 0 unspecified atom stereocenters. The summed E-state index contributed by atoms with van der Waals surface area (Å²) in [6, 6.07) is 13.7. The van der Waals surface area contributed by atoms with Crippen LogP contribution in [0.1, 0.15) is 5.69 Å². The van der Waals surface area contributed by atoms with Crippen molar-refractivity contribution in [3.63, 3.8) is 0 Å². The number of hydrogen-bond donors (Lipinski definition) is 0. The third kappa shape index (κ3) is 3.33. The van der Waals surface area contributed by atoms with Crippen molar-refractivity contribution in [2.75, 3.05) is 13.7 Å². The fraction of sp³-hybridized carbons (Fsp3) is 0.222. The van der Waals surface area contributed by atoms with Crippen LogP contribution in [0, 0.1) is 0 Å². The predicted octanol–water partition coefficient (Wildman–Crippen LogP) is 4.22. The van der Waals surface area contributed by atoms with E-state index in [0.717, 1.165) is 28.4 Å². The van der Waals surface area contributed by atoms with E-state index in [1.165, 1.54) is 0 Å². The highest BCUT2D eigenvalue weighted by Gasteiger charge is 2.13. The van der Waals surface area contributed by atoms with Gasteiger partial charge in [0, 0.05) is 25.5 Å². The lowest BCUT2D eigenvalue weighted by molar-refractivity contribution is 0.186. The summed E-state index contributed by atoms with van der Waals surface area (Å²) in [5.41, 5.74) is 2.94. The van der Waals surface area contributed by atoms with Crippen molar-refractivity contribution in [3.05, 3.63) is 54.4 Å². The summed E-state index contributed by atoms with van der Waals surface area (Å²) in [5, 5.41) is 5.06. The van der Waals surface area contributed by atoms with Gasteiger partial charge in [-0.2, -0.15) is 0 Å². The third-order valence-corrected chi connectivity index (χ3v) is 4.82. The molecule has 6 nitrogen and oxygen atoms in total. The highest BCUT2D eigenvalue weighted by molar-refractivity contribution is 7.98. The Morgan fingerprint density at radius 2 is 2.08 bits per heavy atom. The minimum atomic E-state index is 0.633. The van der Waals surface area contributed by atoms with Crippen molar-refractivity contribution in [1.82, 2.24) is 14.7 Å². The maximum Gasteiger partial charge on any atom is 0.202 e. The topological polar surface area (TPSA) is 66.2 Å². The number of benzene rings is 1. The summed E-state index contributed by atoms with van der Waals surface area (Å²) in [6.45, 7) is 1.40. The summed E-state index contributed by atoms with van der Waals surface area (Å²) in [7, 11) is 1.71. The van der Waals surface area contributed by atoms with Gasteiger partial charge in [0.05, 0.1) is 29.6 Å². The first-order chi connectivity index (χ1) is 12.3. The van der Waals surface area contributed by atoms with E-state index in [4.69, 9.17) is 18.7 Å². The Morgan fingerprint density at radius 3 is 2.92 bits per heavy atom. The van der Waals surface area contributed by atoms with Crippen LogP contribution in [-0.4, -0.2) is 28.4 Å². The molecule has 3 heterocycles. The quantitative estimate of drug-likeness (QED) is 0.462. The van der Waals surface area contributed by atoms with Gasteiger partial charge in [0.1, 0.15) is 0 Å². The molecule has 0 bridgehead atoms. The second-order valence-electron chi connectivity index (χ2n) is 5.48. The molecule has 4 aromatic rings. The van der Waals surface area contributed by atoms with Gasteiger partial charge in [-0.05, 0) is 24.3 Å². The highest BCUT2D eigenvalue weighted by atomic mass is 32.2. The van der Waals surface area contributed by atoms with Crippen LogP contribution >= 0.6 is 11.8 Å². The minimum Gasteiger partial charge on any atom is -0.461 e. The van der Waals surface area contributed by atoms with Gasteiger partial charge in [-0.25, -0.2) is 4.98 Å². The minimum absolute atomic E-state index is 0.633. The van der Waals surface area contributed by atoms with Crippen LogP contribution in [0.5, 0.6) is 0 Å². The number of nitrogens with zero attached hydrogens (tertiary/aromatic N) is 3. The summed E-state index contributed by atoms with van der Waals surface area (Å²) in [4.78, 5) is 4.73. The average Bonchev–Trinajstić information content (AvgIpc) is 3.36. The monoisotopic (exact) mass is 355 g/mol. The standard InChI is InChI=1S/C18H17N3O3S/c1-22-10-8-21-15-6-3-2-5-14(15)19-18(21)25-12-13-11-17(24-20-13)16-7-4-9-23-16/h2-7,9,11H,8,10,12H2,1H3. The molecule has 25 heavy (non-hydrogen) atoms. The first-order valence-electron chi connectivity index (χ1n) is 7.91. The number of fused-ring (bicyclic) bond motifs is 1. The first kappa shape index (κ1) is 16.0. The number of hydrogen-bond acceptors (Lipinski definition) is 6. The zero-order chi connectivity index (χ0) is 17.1. The zero-order valence-electron chi connectivity index (χ0n) is 13.7. The van der Waals surface area contributed by atoms with Gasteiger partial charge in [-0.1, -0.05) is 29.1 Å². The van der Waals surface area contributed by atoms with Crippen LogP contribution in [0.25, 0.3) is 22.6 Å². The van der Waals surface area contributed by atoms with Crippen molar-refractivity contribution >= 4 is 22.8 Å². The highest BCUT2D eigenvalue weighted by Crippen LogP contribution is 2.28. The molecule has 0 saturated carbocycles. The number of ether oxygens (including phenoxy) is 1. The smallest absolute Gasteiger partial charge is 0.202 e. The van der Waals surface area contributed by atoms with Crippen LogP contribution in [-0.2, 0) is 17.0 Å². The first-order valence-corrected chi connectivity index (χ1v) is 8.90. The molecule has 4 rings (SSSR count). The molecular weight excluding hydrogens is 338 g/mol. The normalized spacial score (nSPS) is 11.4. The molecule has 0 aliphatic rings. The van der Waals surface area contributed by atoms with E-state index in [0.29, 0.717) is 23.9 Å². The molecule has 0 radical (unpaired) electrons. The Bertz CT molecular complexity index is 959. The SMILES string of the molecule is COCCn1c(SCc2cc(-c3ccco3)on2)nc2ccccc21. The molecule has 1 aromatic carbocycles. The summed E-state index contributed by atoms with van der Waals surface area (Å²) >= 11 is 1.63. The summed E-state index contributed by atoms with van der Waals surface area (Å²) in [5.74, 6) is 1.98. The Balaban J connectivity index is 1.54. The number of aromatic nitrogens is 3. The van der Waals surface area contributed by atoms with E-state index in [-0.39, 0.29) is 0 Å². The zero-order valence-corrected chi connectivity index (χ0v) is 14.5. The maximum absolute atomic E-state index is 5.35. The fourth-order valence-corrected chi connectivity index (χ4v) is 3.54. The van der Waals surface area contributed by atoms with Gasteiger partial charge in [0.15, 0.2) is 10.9 Å². The van der Waals surface area contributed by atoms with E-state index < -0.39 is 0 Å². The third-order valence-electron chi connectivity index (χ3n) is 3.81. The summed E-state index contributed by atoms with van der Waals surface area (Å²) in [6.07, 6.45) is 1.62. The molecule has 0 spiro atoms. The number of imidazole rings is 1. The lowest BCUT2D eigenvalue weighted by atomic mass is 10.3. The van der Waals surface area contributed by atoms with Crippen LogP contribution in [0.2, 0.25) is 0 Å². The van der Waals surface area contributed by atoms with Gasteiger partial charge in [-0.15, -0.1) is 0 Å². The van der Waals surface area contributed by atoms with Gasteiger partial charge < -0.3 is 18.2 Å². The molecule has 128 valence electrons. The number of furan rings is 1. The van der Waals surface area contributed by atoms with Crippen LogP contribution in [0.4, 0.5) is 0 Å². The lowest BCUT2D eigenvalue weighted by Crippen LogP contribution is -2.05. The number of thioether (sulfide) groups is 1. The number of methoxy groups -OCH3 is 1. The molecule has 3 aromatic heterocycles. The van der Waals surface area contributed by atoms with Gasteiger partial charge in [-0.3, -0.25) is 0 Å². The predicted molar refractivity (Wildman–Crippen MR) is 95.4 cm³/mol. The number of rotatable bonds is 7. The second kappa shape index (κ2) is 7.16. The van der Waals surface area contributed by atoms with E-state index in [1.54, 1.807) is 25.1 Å². The maximum atomic E-state index is 5.35. The Hall–Kier alpha value is -2.51. The Labute approximate surface area is 148 Å². The van der Waals surface area contributed by atoms with Crippen molar-refractivity contribution in [2.45, 2.75) is 17.5 Å². The average molecular weight is 355 g/mol. The van der Waals surface area contributed by atoms with Gasteiger partial charge >= 0.3 is 0 Å². The van der Waals surface area contributed by atoms with E-state index in [9.17, 15) is 0 Å². The summed E-state index contributed by atoms with van der Waals surface area (Å²) < 4.78 is 18.1. The molecule has 0 saturated heterocycles. The van der Waals surface area contributed by atoms with Crippen LogP contribution < -0.4 is 0 Å². The van der Waals surface area contributed by atoms with Crippen LogP contribution in [0.15, 0.2) is 62.8 Å².